The molecule has 0 aliphatic carbocycles. The van der Waals surface area contributed by atoms with Gasteiger partial charge in [0.05, 0.1) is 12.9 Å². The summed E-state index contributed by atoms with van der Waals surface area (Å²) in [5.74, 6) is 1.01. The van der Waals surface area contributed by atoms with Crippen molar-refractivity contribution in [1.29, 1.82) is 0 Å². The van der Waals surface area contributed by atoms with Crippen molar-refractivity contribution >= 4 is 29.0 Å². The molecule has 0 spiro atoms. The molecule has 0 saturated heterocycles. The smallest absolute Gasteiger partial charge is 0.234 e. The number of methoxy groups -OCH3 is 1. The first-order valence-electron chi connectivity index (χ1n) is 6.10. The molecule has 2 aromatic rings. The van der Waals surface area contributed by atoms with Gasteiger partial charge in [-0.2, -0.15) is 0 Å². The molecule has 0 bridgehead atoms. The summed E-state index contributed by atoms with van der Waals surface area (Å²) in [6.07, 6.45) is 0. The van der Waals surface area contributed by atoms with E-state index in [-0.39, 0.29) is 5.91 Å². The minimum Gasteiger partial charge on any atom is -0.496 e. The van der Waals surface area contributed by atoms with E-state index in [1.807, 2.05) is 30.3 Å². The van der Waals surface area contributed by atoms with Gasteiger partial charge in [-0.1, -0.05) is 18.2 Å². The van der Waals surface area contributed by atoms with Gasteiger partial charge >= 0.3 is 0 Å². The first-order chi connectivity index (χ1) is 9.69. The number of carbonyl (C=O) groups is 1. The van der Waals surface area contributed by atoms with E-state index >= 15 is 0 Å². The van der Waals surface area contributed by atoms with Gasteiger partial charge in [0.1, 0.15) is 5.75 Å². The predicted molar refractivity (Wildman–Crippen MR) is 83.2 cm³/mol. The number of carbonyl (C=O) groups excluding carboxylic acids is 1. The quantitative estimate of drug-likeness (QED) is 0.655. The normalized spacial score (nSPS) is 10.1. The Morgan fingerprint density at radius 1 is 1.25 bits per heavy atom. The van der Waals surface area contributed by atoms with Crippen molar-refractivity contribution in [3.63, 3.8) is 0 Å². The second kappa shape index (κ2) is 6.86. The monoisotopic (exact) mass is 288 g/mol. The standard InChI is InChI=1S/C15H16N2O2S/c1-19-13-7-2-3-8-14(13)20-10-15(18)17-12-6-4-5-11(16)9-12/h2-9H,10,16H2,1H3,(H,17,18). The van der Waals surface area contributed by atoms with Crippen molar-refractivity contribution in [2.45, 2.75) is 4.90 Å². The predicted octanol–water partition coefficient (Wildman–Crippen LogP) is 3.01. The lowest BCUT2D eigenvalue weighted by atomic mass is 10.3. The molecular weight excluding hydrogens is 272 g/mol. The fraction of sp³-hybridized carbons (Fsp3) is 0.133. The van der Waals surface area contributed by atoms with E-state index in [2.05, 4.69) is 5.32 Å². The number of nitrogen functional groups attached to an aromatic ring is 1. The molecule has 0 unspecified atom stereocenters. The Labute approximate surface area is 122 Å². The van der Waals surface area contributed by atoms with Crippen LogP contribution in [0.25, 0.3) is 0 Å². The Kier molecular flexibility index (Phi) is 4.90. The third-order valence-corrected chi connectivity index (χ3v) is 3.65. The molecule has 0 heterocycles. The van der Waals surface area contributed by atoms with Gasteiger partial charge in [-0.3, -0.25) is 4.79 Å². The number of hydrogen-bond donors (Lipinski definition) is 2. The number of nitrogens with two attached hydrogens (primary N) is 1. The molecule has 0 radical (unpaired) electrons. The number of rotatable bonds is 5. The Morgan fingerprint density at radius 2 is 2.05 bits per heavy atom. The molecule has 0 atom stereocenters. The minimum atomic E-state index is -0.0773. The second-order valence-corrected chi connectivity index (χ2v) is 5.13. The van der Waals surface area contributed by atoms with E-state index in [1.165, 1.54) is 11.8 Å². The topological polar surface area (TPSA) is 64.3 Å². The van der Waals surface area contributed by atoms with Gasteiger partial charge in [0.25, 0.3) is 0 Å². The van der Waals surface area contributed by atoms with Gasteiger partial charge in [0.15, 0.2) is 0 Å². The first-order valence-corrected chi connectivity index (χ1v) is 7.09. The summed E-state index contributed by atoms with van der Waals surface area (Å²) in [5, 5.41) is 2.81. The molecule has 2 rings (SSSR count). The molecular formula is C15H16N2O2S. The first kappa shape index (κ1) is 14.3. The fourth-order valence-corrected chi connectivity index (χ4v) is 2.52. The highest BCUT2D eigenvalue weighted by atomic mass is 32.2. The molecule has 0 aliphatic rings. The number of thioether (sulfide) groups is 1. The molecule has 0 saturated carbocycles. The van der Waals surface area contributed by atoms with Crippen molar-refractivity contribution < 1.29 is 9.53 Å². The highest BCUT2D eigenvalue weighted by molar-refractivity contribution is 8.00. The summed E-state index contributed by atoms with van der Waals surface area (Å²) in [4.78, 5) is 12.8. The highest BCUT2D eigenvalue weighted by Gasteiger charge is 2.07. The Bertz CT molecular complexity index is 602. The SMILES string of the molecule is COc1ccccc1SCC(=O)Nc1cccc(N)c1. The summed E-state index contributed by atoms with van der Waals surface area (Å²) in [6.45, 7) is 0. The van der Waals surface area contributed by atoms with Crippen molar-refractivity contribution in [3.05, 3.63) is 48.5 Å². The number of anilines is 2. The van der Waals surface area contributed by atoms with Crippen LogP contribution in [-0.2, 0) is 4.79 Å². The molecule has 2 aromatic carbocycles. The minimum absolute atomic E-state index is 0.0773. The van der Waals surface area contributed by atoms with Crippen molar-refractivity contribution in [2.24, 2.45) is 0 Å². The van der Waals surface area contributed by atoms with Gasteiger partial charge in [0, 0.05) is 16.3 Å². The second-order valence-electron chi connectivity index (χ2n) is 4.11. The number of para-hydroxylation sites is 1. The van der Waals surface area contributed by atoms with Crippen LogP contribution in [0.1, 0.15) is 0 Å². The third-order valence-electron chi connectivity index (χ3n) is 2.60. The lowest BCUT2D eigenvalue weighted by molar-refractivity contribution is -0.113. The molecule has 0 fully saturated rings. The average Bonchev–Trinajstić information content (AvgIpc) is 2.45. The van der Waals surface area contributed by atoms with Gasteiger partial charge in [-0.05, 0) is 30.3 Å². The zero-order valence-electron chi connectivity index (χ0n) is 11.1. The summed E-state index contributed by atoms with van der Waals surface area (Å²) < 4.78 is 5.24. The van der Waals surface area contributed by atoms with E-state index in [0.29, 0.717) is 17.1 Å². The van der Waals surface area contributed by atoms with Crippen LogP contribution in [0.4, 0.5) is 11.4 Å². The van der Waals surface area contributed by atoms with E-state index < -0.39 is 0 Å². The highest BCUT2D eigenvalue weighted by Crippen LogP contribution is 2.28. The van der Waals surface area contributed by atoms with Crippen LogP contribution in [0.3, 0.4) is 0 Å². The van der Waals surface area contributed by atoms with Gasteiger partial charge < -0.3 is 15.8 Å². The van der Waals surface area contributed by atoms with Crippen molar-refractivity contribution in [3.8, 4) is 5.75 Å². The van der Waals surface area contributed by atoms with E-state index in [0.717, 1.165) is 10.6 Å². The lowest BCUT2D eigenvalue weighted by Crippen LogP contribution is -2.14. The zero-order chi connectivity index (χ0) is 14.4. The maximum atomic E-state index is 11.9. The van der Waals surface area contributed by atoms with E-state index in [4.69, 9.17) is 10.5 Å². The average molecular weight is 288 g/mol. The van der Waals surface area contributed by atoms with E-state index in [9.17, 15) is 4.79 Å². The van der Waals surface area contributed by atoms with Crippen LogP contribution in [0, 0.1) is 0 Å². The molecule has 1 amide bonds. The van der Waals surface area contributed by atoms with Crippen LogP contribution < -0.4 is 15.8 Å². The molecule has 3 N–H and O–H groups in total. The Hall–Kier alpha value is -2.14. The Morgan fingerprint density at radius 3 is 2.80 bits per heavy atom. The molecule has 5 heteroatoms. The molecule has 104 valence electrons. The molecule has 0 aliphatic heterocycles. The van der Waals surface area contributed by atoms with Crippen LogP contribution >= 0.6 is 11.8 Å². The largest absolute Gasteiger partial charge is 0.496 e. The summed E-state index contributed by atoms with van der Waals surface area (Å²) in [6, 6.07) is 14.7. The summed E-state index contributed by atoms with van der Waals surface area (Å²) in [7, 11) is 1.62. The van der Waals surface area contributed by atoms with E-state index in [1.54, 1.807) is 25.3 Å². The fourth-order valence-electron chi connectivity index (χ4n) is 1.69. The van der Waals surface area contributed by atoms with Crippen LogP contribution in [0.15, 0.2) is 53.4 Å². The Balaban J connectivity index is 1.92. The zero-order valence-corrected chi connectivity index (χ0v) is 11.9. The number of amides is 1. The summed E-state index contributed by atoms with van der Waals surface area (Å²) >= 11 is 1.43. The summed E-state index contributed by atoms with van der Waals surface area (Å²) in [5.41, 5.74) is 6.99. The number of ether oxygens (including phenoxy) is 1. The third kappa shape index (κ3) is 3.93. The van der Waals surface area contributed by atoms with Crippen molar-refractivity contribution in [2.75, 3.05) is 23.9 Å². The van der Waals surface area contributed by atoms with Crippen LogP contribution in [0.2, 0.25) is 0 Å². The number of benzene rings is 2. The lowest BCUT2D eigenvalue weighted by Gasteiger charge is -2.08. The van der Waals surface area contributed by atoms with Crippen molar-refractivity contribution in [1.82, 2.24) is 0 Å². The van der Waals surface area contributed by atoms with Gasteiger partial charge in [-0.25, -0.2) is 0 Å². The van der Waals surface area contributed by atoms with Crippen LogP contribution in [0.5, 0.6) is 5.75 Å². The molecule has 4 nitrogen and oxygen atoms in total. The van der Waals surface area contributed by atoms with Crippen LogP contribution in [-0.4, -0.2) is 18.8 Å². The maximum Gasteiger partial charge on any atom is 0.234 e. The van der Waals surface area contributed by atoms with Gasteiger partial charge in [0.2, 0.25) is 5.91 Å². The number of hydrogen-bond acceptors (Lipinski definition) is 4. The molecule has 0 aromatic heterocycles. The maximum absolute atomic E-state index is 11.9. The number of nitrogens with one attached hydrogen (secondary N) is 1. The molecule has 20 heavy (non-hydrogen) atoms. The van der Waals surface area contributed by atoms with Gasteiger partial charge in [-0.15, -0.1) is 11.8 Å².